The molecule has 98 valence electrons. The van der Waals surface area contributed by atoms with Crippen LogP contribution >= 0.6 is 0 Å². The van der Waals surface area contributed by atoms with Crippen LogP contribution in [0.25, 0.3) is 0 Å². The Labute approximate surface area is 105 Å². The predicted octanol–water partition coefficient (Wildman–Crippen LogP) is 1.01. The summed E-state index contributed by atoms with van der Waals surface area (Å²) >= 11 is 0. The third-order valence-corrected chi connectivity index (χ3v) is 2.17. The van der Waals surface area contributed by atoms with E-state index >= 15 is 0 Å². The van der Waals surface area contributed by atoms with Crippen LogP contribution in [0.3, 0.4) is 0 Å². The fourth-order valence-corrected chi connectivity index (χ4v) is 1.24. The average Bonchev–Trinajstić information content (AvgIpc) is 2.38. The second-order valence-electron chi connectivity index (χ2n) is 3.53. The quantitative estimate of drug-likeness (QED) is 0.790. The van der Waals surface area contributed by atoms with Crippen LogP contribution in [-0.2, 0) is 20.9 Å². The van der Waals surface area contributed by atoms with Gasteiger partial charge >= 0.3 is 12.1 Å². The summed E-state index contributed by atoms with van der Waals surface area (Å²) in [4.78, 5) is 21.8. The number of hydrogen-bond acceptors (Lipinski definition) is 4. The minimum atomic E-state index is -1.17. The average molecular weight is 253 g/mol. The second-order valence-corrected chi connectivity index (χ2v) is 3.53. The Morgan fingerprint density at radius 3 is 2.56 bits per heavy atom. The standard InChI is InChI=1S/C12H15NO5/c1-17-12(16)13-10(11(14)15)8-18-7-9-5-3-2-4-6-9/h2-6,10H,7-8H2,1H3,(H,13,16)(H,14,15)/t10-/m0/s1. The Kier molecular flexibility index (Phi) is 5.66. The maximum Gasteiger partial charge on any atom is 0.407 e. The molecule has 1 rings (SSSR count). The van der Waals surface area contributed by atoms with Gasteiger partial charge in [0.1, 0.15) is 0 Å². The van der Waals surface area contributed by atoms with Gasteiger partial charge in [-0.3, -0.25) is 0 Å². The molecule has 1 aromatic carbocycles. The Morgan fingerprint density at radius 2 is 2.00 bits per heavy atom. The first-order valence-electron chi connectivity index (χ1n) is 5.32. The molecule has 1 amide bonds. The smallest absolute Gasteiger partial charge is 0.407 e. The van der Waals surface area contributed by atoms with Crippen LogP contribution in [0.2, 0.25) is 0 Å². The zero-order valence-corrected chi connectivity index (χ0v) is 9.96. The molecule has 0 aromatic heterocycles. The minimum Gasteiger partial charge on any atom is -0.480 e. The lowest BCUT2D eigenvalue weighted by atomic mass is 10.2. The van der Waals surface area contributed by atoms with Crippen LogP contribution in [0.5, 0.6) is 0 Å². The highest BCUT2D eigenvalue weighted by atomic mass is 16.5. The number of alkyl carbamates (subject to hydrolysis) is 1. The van der Waals surface area contributed by atoms with Crippen LogP contribution in [0.15, 0.2) is 30.3 Å². The highest BCUT2D eigenvalue weighted by Crippen LogP contribution is 2.01. The molecule has 0 aliphatic rings. The fraction of sp³-hybridized carbons (Fsp3) is 0.333. The summed E-state index contributed by atoms with van der Waals surface area (Å²) in [6, 6.07) is 8.20. The molecule has 0 spiro atoms. The van der Waals surface area contributed by atoms with Crippen molar-refractivity contribution in [3.63, 3.8) is 0 Å². The van der Waals surface area contributed by atoms with Gasteiger partial charge in [0, 0.05) is 0 Å². The summed E-state index contributed by atoms with van der Waals surface area (Å²) < 4.78 is 9.56. The third kappa shape index (κ3) is 4.84. The van der Waals surface area contributed by atoms with Crippen LogP contribution in [0, 0.1) is 0 Å². The molecule has 0 saturated heterocycles. The molecule has 0 heterocycles. The van der Waals surface area contributed by atoms with E-state index in [1.807, 2.05) is 30.3 Å². The van der Waals surface area contributed by atoms with E-state index in [0.29, 0.717) is 0 Å². The lowest BCUT2D eigenvalue weighted by Crippen LogP contribution is -2.43. The van der Waals surface area contributed by atoms with E-state index < -0.39 is 18.1 Å². The summed E-state index contributed by atoms with van der Waals surface area (Å²) in [5.41, 5.74) is 0.930. The maximum absolute atomic E-state index is 10.9. The molecule has 6 nitrogen and oxygen atoms in total. The van der Waals surface area contributed by atoms with Gasteiger partial charge in [-0.25, -0.2) is 9.59 Å². The van der Waals surface area contributed by atoms with Gasteiger partial charge in [0.15, 0.2) is 6.04 Å². The first kappa shape index (κ1) is 14.0. The number of carboxylic acid groups (broad SMARTS) is 1. The largest absolute Gasteiger partial charge is 0.480 e. The van der Waals surface area contributed by atoms with E-state index in [0.717, 1.165) is 5.56 Å². The first-order valence-corrected chi connectivity index (χ1v) is 5.32. The molecular formula is C12H15NO5. The van der Waals surface area contributed by atoms with Crippen molar-refractivity contribution in [3.8, 4) is 0 Å². The van der Waals surface area contributed by atoms with E-state index in [9.17, 15) is 9.59 Å². The van der Waals surface area contributed by atoms with Crippen molar-refractivity contribution in [2.45, 2.75) is 12.6 Å². The van der Waals surface area contributed by atoms with Crippen molar-refractivity contribution in [2.24, 2.45) is 0 Å². The molecule has 1 atom stereocenters. The number of benzene rings is 1. The molecular weight excluding hydrogens is 238 g/mol. The summed E-state index contributed by atoms with van der Waals surface area (Å²) in [6.07, 6.45) is -0.800. The molecule has 0 radical (unpaired) electrons. The van der Waals surface area contributed by atoms with Crippen molar-refractivity contribution in [1.29, 1.82) is 0 Å². The topological polar surface area (TPSA) is 84.9 Å². The molecule has 18 heavy (non-hydrogen) atoms. The van der Waals surface area contributed by atoms with Gasteiger partial charge in [-0.15, -0.1) is 0 Å². The normalized spacial score (nSPS) is 11.6. The number of carbonyl (C=O) groups is 2. The molecule has 0 saturated carbocycles. The number of nitrogens with one attached hydrogen (secondary N) is 1. The van der Waals surface area contributed by atoms with E-state index in [4.69, 9.17) is 9.84 Å². The zero-order valence-electron chi connectivity index (χ0n) is 9.96. The predicted molar refractivity (Wildman–Crippen MR) is 63.1 cm³/mol. The Balaban J connectivity index is 2.38. The fourth-order valence-electron chi connectivity index (χ4n) is 1.24. The van der Waals surface area contributed by atoms with Crippen molar-refractivity contribution >= 4 is 12.1 Å². The Bertz CT molecular complexity index is 393. The number of carboxylic acids is 1. The summed E-state index contributed by atoms with van der Waals surface area (Å²) in [7, 11) is 1.17. The molecule has 0 bridgehead atoms. The molecule has 2 N–H and O–H groups in total. The monoisotopic (exact) mass is 253 g/mol. The second kappa shape index (κ2) is 7.29. The van der Waals surface area contributed by atoms with Crippen molar-refractivity contribution < 1.29 is 24.2 Å². The number of carbonyl (C=O) groups excluding carboxylic acids is 1. The number of methoxy groups -OCH3 is 1. The molecule has 0 aliphatic carbocycles. The van der Waals surface area contributed by atoms with Gasteiger partial charge in [-0.1, -0.05) is 30.3 Å². The van der Waals surface area contributed by atoms with E-state index in [-0.39, 0.29) is 13.2 Å². The van der Waals surface area contributed by atoms with Crippen LogP contribution in [-0.4, -0.2) is 36.9 Å². The van der Waals surface area contributed by atoms with Crippen molar-refractivity contribution in [1.82, 2.24) is 5.32 Å². The molecule has 0 aliphatic heterocycles. The van der Waals surface area contributed by atoms with Gasteiger partial charge < -0.3 is 19.9 Å². The first-order chi connectivity index (χ1) is 8.63. The van der Waals surface area contributed by atoms with Gasteiger partial charge in [0.05, 0.1) is 20.3 Å². The van der Waals surface area contributed by atoms with Crippen LogP contribution in [0.1, 0.15) is 5.56 Å². The van der Waals surface area contributed by atoms with E-state index in [1.165, 1.54) is 7.11 Å². The summed E-state index contributed by atoms with van der Waals surface area (Å²) in [5.74, 6) is -1.17. The number of rotatable bonds is 6. The number of hydrogen-bond donors (Lipinski definition) is 2. The minimum absolute atomic E-state index is 0.126. The van der Waals surface area contributed by atoms with Gasteiger partial charge in [-0.05, 0) is 5.56 Å². The van der Waals surface area contributed by atoms with Crippen molar-refractivity contribution in [2.75, 3.05) is 13.7 Å². The van der Waals surface area contributed by atoms with Crippen molar-refractivity contribution in [3.05, 3.63) is 35.9 Å². The highest BCUT2D eigenvalue weighted by Gasteiger charge is 2.20. The molecule has 1 aromatic rings. The Hall–Kier alpha value is -2.08. The summed E-state index contributed by atoms with van der Waals surface area (Å²) in [5, 5.41) is 11.0. The molecule has 0 unspecified atom stereocenters. The SMILES string of the molecule is COC(=O)N[C@@H](COCc1ccccc1)C(=O)O. The Morgan fingerprint density at radius 1 is 1.33 bits per heavy atom. The lowest BCUT2D eigenvalue weighted by Gasteiger charge is -2.13. The molecule has 0 fully saturated rings. The zero-order chi connectivity index (χ0) is 13.4. The van der Waals surface area contributed by atoms with E-state index in [1.54, 1.807) is 0 Å². The van der Waals surface area contributed by atoms with Gasteiger partial charge in [0.2, 0.25) is 0 Å². The number of ether oxygens (including phenoxy) is 2. The number of aliphatic carboxylic acids is 1. The van der Waals surface area contributed by atoms with Crippen LogP contribution in [0.4, 0.5) is 4.79 Å². The van der Waals surface area contributed by atoms with E-state index in [2.05, 4.69) is 10.1 Å². The lowest BCUT2D eigenvalue weighted by molar-refractivity contribution is -0.141. The summed E-state index contributed by atoms with van der Waals surface area (Å²) in [6.45, 7) is 0.160. The van der Waals surface area contributed by atoms with Crippen LogP contribution < -0.4 is 5.32 Å². The van der Waals surface area contributed by atoms with Gasteiger partial charge in [-0.2, -0.15) is 0 Å². The maximum atomic E-state index is 10.9. The van der Waals surface area contributed by atoms with Gasteiger partial charge in [0.25, 0.3) is 0 Å². The number of amides is 1. The highest BCUT2D eigenvalue weighted by molar-refractivity contribution is 5.79. The third-order valence-electron chi connectivity index (χ3n) is 2.17. The molecule has 6 heteroatoms.